The predicted octanol–water partition coefficient (Wildman–Crippen LogP) is 4.39. The Morgan fingerprint density at radius 2 is 2.14 bits per heavy atom. The summed E-state index contributed by atoms with van der Waals surface area (Å²) in [7, 11) is 1.76. The topological polar surface area (TPSA) is 67.6 Å². The highest BCUT2D eigenvalue weighted by molar-refractivity contribution is 5.91. The molecule has 0 radical (unpaired) electrons. The minimum atomic E-state index is -0.294. The van der Waals surface area contributed by atoms with E-state index < -0.39 is 0 Å². The molecule has 150 valence electrons. The molecule has 6 nitrogen and oxygen atoms in total. The molecule has 0 unspecified atom stereocenters. The summed E-state index contributed by atoms with van der Waals surface area (Å²) in [6.45, 7) is 7.16. The van der Waals surface area contributed by atoms with Gasteiger partial charge < -0.3 is 19.4 Å². The van der Waals surface area contributed by atoms with Crippen LogP contribution in [0.3, 0.4) is 0 Å². The van der Waals surface area contributed by atoms with Crippen molar-refractivity contribution in [3.05, 3.63) is 59.5 Å². The lowest BCUT2D eigenvalue weighted by molar-refractivity contribution is -0.125. The molecule has 4 rings (SSSR count). The van der Waals surface area contributed by atoms with Gasteiger partial charge in [-0.3, -0.25) is 4.79 Å². The Hall–Kier alpha value is -3.28. The van der Waals surface area contributed by atoms with Crippen molar-refractivity contribution in [2.24, 2.45) is 0 Å². The Bertz CT molecular complexity index is 1100. The van der Waals surface area contributed by atoms with Gasteiger partial charge in [-0.05, 0) is 44.5 Å². The van der Waals surface area contributed by atoms with Gasteiger partial charge in [0, 0.05) is 30.3 Å². The second-order valence-corrected chi connectivity index (χ2v) is 8.00. The van der Waals surface area contributed by atoms with E-state index in [0.717, 1.165) is 33.7 Å². The van der Waals surface area contributed by atoms with Gasteiger partial charge in [-0.25, -0.2) is 4.98 Å². The second-order valence-electron chi connectivity index (χ2n) is 8.00. The number of aryl methyl sites for hydroxylation is 1. The average molecular weight is 391 g/mol. The molecule has 6 heteroatoms. The molecule has 0 saturated carbocycles. The Balaban J connectivity index is 1.46. The average Bonchev–Trinajstić information content (AvgIpc) is 3.00. The summed E-state index contributed by atoms with van der Waals surface area (Å²) in [5.41, 5.74) is 2.42. The van der Waals surface area contributed by atoms with Crippen molar-refractivity contribution in [3.8, 4) is 5.75 Å². The van der Waals surface area contributed by atoms with Crippen molar-refractivity contribution in [3.63, 3.8) is 0 Å². The Morgan fingerprint density at radius 3 is 2.93 bits per heavy atom. The van der Waals surface area contributed by atoms with E-state index in [4.69, 9.17) is 9.15 Å². The van der Waals surface area contributed by atoms with Crippen molar-refractivity contribution in [2.45, 2.75) is 32.9 Å². The zero-order valence-electron chi connectivity index (χ0n) is 17.2. The van der Waals surface area contributed by atoms with E-state index in [-0.39, 0.29) is 11.5 Å². The number of ether oxygens (including phenoxy) is 1. The molecule has 2 aromatic heterocycles. The van der Waals surface area contributed by atoms with Gasteiger partial charge in [0.15, 0.2) is 11.6 Å². The summed E-state index contributed by atoms with van der Waals surface area (Å²) in [4.78, 5) is 18.6. The highest BCUT2D eigenvalue weighted by Crippen LogP contribution is 2.32. The number of carbonyl (C=O) groups is 1. The minimum absolute atomic E-state index is 0.109. The van der Waals surface area contributed by atoms with E-state index >= 15 is 0 Å². The number of para-hydroxylation sites is 1. The van der Waals surface area contributed by atoms with E-state index in [1.165, 1.54) is 0 Å². The molecular formula is C23H25N3O3. The Labute approximate surface area is 170 Å². The molecule has 1 amide bonds. The number of aromatic nitrogens is 1. The third-order valence-corrected chi connectivity index (χ3v) is 5.06. The van der Waals surface area contributed by atoms with Gasteiger partial charge in [0.05, 0.1) is 13.1 Å². The van der Waals surface area contributed by atoms with E-state index in [1.54, 1.807) is 30.3 Å². The zero-order valence-corrected chi connectivity index (χ0v) is 17.2. The minimum Gasteiger partial charge on any atom is -0.482 e. The molecule has 0 spiro atoms. The van der Waals surface area contributed by atoms with Crippen LogP contribution in [0.25, 0.3) is 17.0 Å². The largest absolute Gasteiger partial charge is 0.482 e. The fourth-order valence-corrected chi connectivity index (χ4v) is 3.36. The quantitative estimate of drug-likeness (QED) is 0.668. The number of anilines is 1. The summed E-state index contributed by atoms with van der Waals surface area (Å²) in [5, 5.41) is 4.34. The summed E-state index contributed by atoms with van der Waals surface area (Å²) in [5.74, 6) is 2.11. The Morgan fingerprint density at radius 1 is 1.34 bits per heavy atom. The molecule has 29 heavy (non-hydrogen) atoms. The van der Waals surface area contributed by atoms with Gasteiger partial charge in [-0.2, -0.15) is 0 Å². The highest BCUT2D eigenvalue weighted by Gasteiger charge is 2.27. The first-order valence-electron chi connectivity index (χ1n) is 9.65. The van der Waals surface area contributed by atoms with Crippen LogP contribution in [-0.4, -0.2) is 35.0 Å². The number of pyridine rings is 1. The SMILES string of the molecule is Cc1c(CN(C)C(=O)C=Cc2cnc3c(c2)OC(C)(C)CN3)oc2ccccc12. The molecule has 0 aliphatic carbocycles. The molecule has 1 aliphatic heterocycles. The van der Waals surface area contributed by atoms with E-state index in [0.29, 0.717) is 18.8 Å². The van der Waals surface area contributed by atoms with Crippen LogP contribution in [0.1, 0.15) is 30.7 Å². The van der Waals surface area contributed by atoms with Crippen molar-refractivity contribution in [1.82, 2.24) is 9.88 Å². The number of hydrogen-bond acceptors (Lipinski definition) is 5. The summed E-state index contributed by atoms with van der Waals surface area (Å²) in [6, 6.07) is 9.79. The van der Waals surface area contributed by atoms with Gasteiger partial charge in [0.25, 0.3) is 0 Å². The van der Waals surface area contributed by atoms with Crippen LogP contribution in [0.5, 0.6) is 5.75 Å². The van der Waals surface area contributed by atoms with Crippen LogP contribution in [0, 0.1) is 6.92 Å². The van der Waals surface area contributed by atoms with Gasteiger partial charge in [0.2, 0.25) is 5.91 Å². The number of carbonyl (C=O) groups excluding carboxylic acids is 1. The molecule has 0 atom stereocenters. The third-order valence-electron chi connectivity index (χ3n) is 5.06. The summed E-state index contributed by atoms with van der Waals surface area (Å²) in [6.07, 6.45) is 5.02. The lowest BCUT2D eigenvalue weighted by Gasteiger charge is -2.32. The van der Waals surface area contributed by atoms with Crippen LogP contribution >= 0.6 is 0 Å². The smallest absolute Gasteiger partial charge is 0.246 e. The first-order valence-corrected chi connectivity index (χ1v) is 9.65. The molecule has 0 fully saturated rings. The van der Waals surface area contributed by atoms with Gasteiger partial charge in [-0.15, -0.1) is 0 Å². The van der Waals surface area contributed by atoms with Crippen LogP contribution < -0.4 is 10.1 Å². The van der Waals surface area contributed by atoms with Crippen molar-refractivity contribution in [1.29, 1.82) is 0 Å². The lowest BCUT2D eigenvalue weighted by Crippen LogP contribution is -2.40. The fraction of sp³-hybridized carbons (Fsp3) is 0.304. The molecule has 3 aromatic rings. The fourth-order valence-electron chi connectivity index (χ4n) is 3.36. The molecular weight excluding hydrogens is 366 g/mol. The van der Waals surface area contributed by atoms with Crippen molar-refractivity contribution in [2.75, 3.05) is 18.9 Å². The van der Waals surface area contributed by atoms with E-state index in [2.05, 4.69) is 10.3 Å². The number of hydrogen-bond donors (Lipinski definition) is 1. The normalized spacial score (nSPS) is 15.0. The zero-order chi connectivity index (χ0) is 20.6. The summed E-state index contributed by atoms with van der Waals surface area (Å²) >= 11 is 0. The van der Waals surface area contributed by atoms with Crippen LogP contribution in [0.4, 0.5) is 5.82 Å². The molecule has 3 heterocycles. The van der Waals surface area contributed by atoms with Crippen LogP contribution in [0.2, 0.25) is 0 Å². The van der Waals surface area contributed by atoms with Gasteiger partial charge in [0.1, 0.15) is 16.9 Å². The maximum atomic E-state index is 12.6. The second kappa shape index (κ2) is 7.28. The number of nitrogens with zero attached hydrogens (tertiary/aromatic N) is 2. The molecule has 0 bridgehead atoms. The van der Waals surface area contributed by atoms with Gasteiger partial charge in [-0.1, -0.05) is 18.2 Å². The summed E-state index contributed by atoms with van der Waals surface area (Å²) < 4.78 is 11.9. The van der Waals surface area contributed by atoms with Crippen LogP contribution in [-0.2, 0) is 11.3 Å². The number of furan rings is 1. The maximum Gasteiger partial charge on any atom is 0.246 e. The molecule has 1 aromatic carbocycles. The Kier molecular flexibility index (Phi) is 4.78. The number of amides is 1. The number of likely N-dealkylation sites (N-methyl/N-ethyl adjacent to an activating group) is 1. The third kappa shape index (κ3) is 3.97. The van der Waals surface area contributed by atoms with Crippen LogP contribution in [0.15, 0.2) is 47.0 Å². The highest BCUT2D eigenvalue weighted by atomic mass is 16.5. The first kappa shape index (κ1) is 19.1. The maximum absolute atomic E-state index is 12.6. The first-order chi connectivity index (χ1) is 13.8. The lowest BCUT2D eigenvalue weighted by atomic mass is 10.1. The molecule has 1 aliphatic rings. The molecule has 0 saturated heterocycles. The number of rotatable bonds is 4. The van der Waals surface area contributed by atoms with Crippen molar-refractivity contribution >= 4 is 28.8 Å². The van der Waals surface area contributed by atoms with E-state index in [1.807, 2.05) is 51.1 Å². The van der Waals surface area contributed by atoms with Crippen molar-refractivity contribution < 1.29 is 13.9 Å². The predicted molar refractivity (Wildman–Crippen MR) is 114 cm³/mol. The molecule has 1 N–H and O–H groups in total. The van der Waals surface area contributed by atoms with Gasteiger partial charge >= 0.3 is 0 Å². The number of nitrogens with one attached hydrogen (secondary N) is 1. The monoisotopic (exact) mass is 391 g/mol. The number of benzene rings is 1. The van der Waals surface area contributed by atoms with E-state index in [9.17, 15) is 4.79 Å². The standard InChI is InChI=1S/C23H25N3O3/c1-15-17-7-5-6-8-18(17)28-20(15)13-26(4)21(27)10-9-16-11-19-22(24-12-16)25-14-23(2,3)29-19/h5-12H,13-14H2,1-4H3,(H,24,25). The number of fused-ring (bicyclic) bond motifs is 2.